The molecule has 1 N–H and O–H groups in total. The summed E-state index contributed by atoms with van der Waals surface area (Å²) in [5.74, 6) is -0.624. The minimum atomic E-state index is -1.21. The third kappa shape index (κ3) is 4.54. The highest BCUT2D eigenvalue weighted by Crippen LogP contribution is 2.24. The van der Waals surface area contributed by atoms with E-state index in [2.05, 4.69) is 0 Å². The fourth-order valence-corrected chi connectivity index (χ4v) is 1.64. The van der Waals surface area contributed by atoms with Crippen molar-refractivity contribution in [3.8, 4) is 0 Å². The van der Waals surface area contributed by atoms with Crippen LogP contribution in [0.25, 0.3) is 0 Å². The Hall–Kier alpha value is -2.47. The van der Waals surface area contributed by atoms with Gasteiger partial charge >= 0.3 is 5.97 Å². The lowest BCUT2D eigenvalue weighted by Crippen LogP contribution is -2.14. The molecule has 1 rings (SSSR count). The van der Waals surface area contributed by atoms with Crippen LogP contribution < -0.4 is 0 Å². The normalized spacial score (nSPS) is 13.2. The second-order valence-electron chi connectivity index (χ2n) is 4.12. The van der Waals surface area contributed by atoms with Crippen molar-refractivity contribution < 1.29 is 19.6 Å². The van der Waals surface area contributed by atoms with E-state index in [9.17, 15) is 20.0 Å². The summed E-state index contributed by atoms with van der Waals surface area (Å²) in [4.78, 5) is 21.9. The maximum Gasteiger partial charge on any atom is 0.337 e. The van der Waals surface area contributed by atoms with Crippen LogP contribution in [0.15, 0.2) is 48.1 Å². The summed E-state index contributed by atoms with van der Waals surface area (Å²) in [6.07, 6.45) is 3.58. The van der Waals surface area contributed by atoms with Gasteiger partial charge in [0.25, 0.3) is 5.69 Å². The van der Waals surface area contributed by atoms with Crippen LogP contribution in [-0.2, 0) is 9.53 Å². The highest BCUT2D eigenvalue weighted by molar-refractivity contribution is 5.90. The van der Waals surface area contributed by atoms with E-state index in [1.165, 1.54) is 30.3 Å². The Morgan fingerprint density at radius 1 is 1.43 bits per heavy atom. The van der Waals surface area contributed by atoms with Gasteiger partial charge in [0.05, 0.1) is 17.1 Å². The van der Waals surface area contributed by atoms with Gasteiger partial charge in [-0.05, 0) is 37.6 Å². The average Bonchev–Trinajstić information content (AvgIpc) is 2.47. The number of allylic oxidation sites excluding steroid dienone is 3. The topological polar surface area (TPSA) is 89.7 Å². The summed E-state index contributed by atoms with van der Waals surface area (Å²) in [6.45, 7) is 3.64. The molecule has 1 aromatic rings. The van der Waals surface area contributed by atoms with Crippen molar-refractivity contribution in [2.24, 2.45) is 0 Å². The third-order valence-electron chi connectivity index (χ3n) is 2.69. The summed E-state index contributed by atoms with van der Waals surface area (Å²) in [7, 11) is 0. The van der Waals surface area contributed by atoms with E-state index >= 15 is 0 Å². The molecule has 1 atom stereocenters. The molecule has 0 aliphatic heterocycles. The van der Waals surface area contributed by atoms with E-state index in [1.807, 2.05) is 0 Å². The number of rotatable bonds is 6. The molecule has 0 fully saturated rings. The van der Waals surface area contributed by atoms with E-state index in [1.54, 1.807) is 26.0 Å². The quantitative estimate of drug-likeness (QED) is 0.286. The molecule has 1 aromatic carbocycles. The summed E-state index contributed by atoms with van der Waals surface area (Å²) < 4.78 is 4.90. The van der Waals surface area contributed by atoms with Gasteiger partial charge in [-0.2, -0.15) is 0 Å². The van der Waals surface area contributed by atoms with Gasteiger partial charge in [-0.15, -0.1) is 0 Å². The van der Waals surface area contributed by atoms with Gasteiger partial charge in [-0.1, -0.05) is 12.2 Å². The smallest absolute Gasteiger partial charge is 0.337 e. The molecular formula is C15H17NO5. The van der Waals surface area contributed by atoms with Gasteiger partial charge in [0.15, 0.2) is 0 Å². The van der Waals surface area contributed by atoms with Crippen LogP contribution in [0.4, 0.5) is 5.69 Å². The Balaban J connectivity index is 3.07. The van der Waals surface area contributed by atoms with Crippen molar-refractivity contribution in [1.82, 2.24) is 0 Å². The molecule has 0 spiro atoms. The first-order valence-electron chi connectivity index (χ1n) is 6.43. The maximum atomic E-state index is 11.8. The van der Waals surface area contributed by atoms with Crippen LogP contribution in [0, 0.1) is 10.1 Å². The molecule has 0 aliphatic carbocycles. The molecule has 0 amide bonds. The van der Waals surface area contributed by atoms with Gasteiger partial charge in [-0.25, -0.2) is 4.79 Å². The number of nitro benzene ring substituents is 1. The van der Waals surface area contributed by atoms with E-state index in [0.717, 1.165) is 0 Å². The summed E-state index contributed by atoms with van der Waals surface area (Å²) in [5, 5.41) is 20.9. The molecule has 6 heteroatoms. The van der Waals surface area contributed by atoms with E-state index in [0.29, 0.717) is 5.56 Å². The van der Waals surface area contributed by atoms with Crippen molar-refractivity contribution in [1.29, 1.82) is 0 Å². The van der Waals surface area contributed by atoms with Crippen LogP contribution in [-0.4, -0.2) is 22.6 Å². The van der Waals surface area contributed by atoms with E-state index in [-0.39, 0.29) is 17.9 Å². The van der Waals surface area contributed by atoms with Crippen LogP contribution in [0.3, 0.4) is 0 Å². The Morgan fingerprint density at radius 3 is 2.52 bits per heavy atom. The van der Waals surface area contributed by atoms with Crippen LogP contribution in [0.2, 0.25) is 0 Å². The van der Waals surface area contributed by atoms with Crippen molar-refractivity contribution >= 4 is 11.7 Å². The van der Waals surface area contributed by atoms with Gasteiger partial charge in [0, 0.05) is 12.1 Å². The standard InChI is InChI=1S/C15H17NO5/c1-3-5-6-13(15(18)21-4-2)14(17)11-7-9-12(10-8-11)16(19)20/h3,5-10,14,17H,4H2,1-2H3/b5-3+,13-6+. The minimum Gasteiger partial charge on any atom is -0.463 e. The molecule has 0 saturated carbocycles. The second-order valence-corrected chi connectivity index (χ2v) is 4.12. The number of hydrogen-bond donors (Lipinski definition) is 1. The number of non-ortho nitro benzene ring substituents is 1. The van der Waals surface area contributed by atoms with Crippen molar-refractivity contribution in [2.45, 2.75) is 20.0 Å². The summed E-state index contributed by atoms with van der Waals surface area (Å²) in [6, 6.07) is 5.37. The first-order valence-corrected chi connectivity index (χ1v) is 6.43. The predicted octanol–water partition coefficient (Wildman–Crippen LogP) is 2.69. The SMILES string of the molecule is C/C=C/C=C(/C(=O)OCC)C(O)c1ccc([N+](=O)[O-])cc1. The minimum absolute atomic E-state index is 0.0730. The lowest BCUT2D eigenvalue weighted by Gasteiger charge is -2.14. The van der Waals surface area contributed by atoms with Crippen molar-refractivity contribution in [3.05, 3.63) is 63.7 Å². The number of esters is 1. The Kier molecular flexibility index (Phi) is 6.29. The number of carbonyl (C=O) groups is 1. The number of aliphatic hydroxyl groups excluding tert-OH is 1. The molecule has 0 heterocycles. The highest BCUT2D eigenvalue weighted by Gasteiger charge is 2.21. The van der Waals surface area contributed by atoms with Crippen LogP contribution in [0.5, 0.6) is 0 Å². The number of nitro groups is 1. The Labute approximate surface area is 122 Å². The third-order valence-corrected chi connectivity index (χ3v) is 2.69. The molecule has 0 aromatic heterocycles. The molecular weight excluding hydrogens is 274 g/mol. The summed E-state index contributed by atoms with van der Waals surface area (Å²) >= 11 is 0. The fourth-order valence-electron chi connectivity index (χ4n) is 1.64. The first kappa shape index (κ1) is 16.6. The monoisotopic (exact) mass is 291 g/mol. The zero-order valence-electron chi connectivity index (χ0n) is 11.9. The highest BCUT2D eigenvalue weighted by atomic mass is 16.6. The average molecular weight is 291 g/mol. The predicted molar refractivity (Wildman–Crippen MR) is 77.6 cm³/mol. The zero-order valence-corrected chi connectivity index (χ0v) is 11.9. The van der Waals surface area contributed by atoms with Gasteiger partial charge < -0.3 is 9.84 Å². The lowest BCUT2D eigenvalue weighted by molar-refractivity contribution is -0.384. The number of aliphatic hydroxyl groups is 1. The van der Waals surface area contributed by atoms with Gasteiger partial charge in [0.1, 0.15) is 6.10 Å². The molecule has 21 heavy (non-hydrogen) atoms. The Morgan fingerprint density at radius 2 is 2.05 bits per heavy atom. The van der Waals surface area contributed by atoms with Crippen LogP contribution in [0.1, 0.15) is 25.5 Å². The van der Waals surface area contributed by atoms with Crippen molar-refractivity contribution in [3.63, 3.8) is 0 Å². The molecule has 0 radical (unpaired) electrons. The lowest BCUT2D eigenvalue weighted by atomic mass is 10.0. The van der Waals surface area contributed by atoms with E-state index < -0.39 is 17.0 Å². The first-order chi connectivity index (χ1) is 10.0. The zero-order chi connectivity index (χ0) is 15.8. The number of carbonyl (C=O) groups excluding carboxylic acids is 1. The second kappa shape index (κ2) is 7.96. The largest absolute Gasteiger partial charge is 0.463 e. The maximum absolute atomic E-state index is 11.8. The molecule has 0 aliphatic rings. The Bertz CT molecular complexity index is 560. The number of nitrogens with zero attached hydrogens (tertiary/aromatic N) is 1. The molecule has 0 saturated heterocycles. The molecule has 0 bridgehead atoms. The number of ether oxygens (including phenoxy) is 1. The van der Waals surface area contributed by atoms with Crippen molar-refractivity contribution in [2.75, 3.05) is 6.61 Å². The molecule has 112 valence electrons. The fraction of sp³-hybridized carbons (Fsp3) is 0.267. The number of benzene rings is 1. The number of hydrogen-bond acceptors (Lipinski definition) is 5. The molecule has 6 nitrogen and oxygen atoms in total. The summed E-state index contributed by atoms with van der Waals surface area (Å²) in [5.41, 5.74) is 0.370. The molecule has 1 unspecified atom stereocenters. The van der Waals surface area contributed by atoms with Gasteiger partial charge in [0.2, 0.25) is 0 Å². The van der Waals surface area contributed by atoms with E-state index in [4.69, 9.17) is 4.74 Å². The van der Waals surface area contributed by atoms with Gasteiger partial charge in [-0.3, -0.25) is 10.1 Å². The van der Waals surface area contributed by atoms with Crippen LogP contribution >= 0.6 is 0 Å².